The number of esters is 1. The largest absolute Gasteiger partial charge is 0.464 e. The van der Waals surface area contributed by atoms with E-state index in [2.05, 4.69) is 18.3 Å². The third-order valence-corrected chi connectivity index (χ3v) is 3.82. The minimum Gasteiger partial charge on any atom is -0.464 e. The van der Waals surface area contributed by atoms with Crippen molar-refractivity contribution >= 4 is 11.9 Å². The molecule has 4 heteroatoms. The van der Waals surface area contributed by atoms with Gasteiger partial charge in [0.2, 0.25) is 5.91 Å². The van der Waals surface area contributed by atoms with Crippen molar-refractivity contribution in [2.75, 3.05) is 6.61 Å². The van der Waals surface area contributed by atoms with Crippen LogP contribution < -0.4 is 5.32 Å². The van der Waals surface area contributed by atoms with Crippen molar-refractivity contribution < 1.29 is 14.3 Å². The maximum Gasteiger partial charge on any atom is 0.328 e. The minimum atomic E-state index is -0.454. The Labute approximate surface area is 107 Å². The van der Waals surface area contributed by atoms with Crippen molar-refractivity contribution in [1.29, 1.82) is 0 Å². The van der Waals surface area contributed by atoms with Gasteiger partial charge >= 0.3 is 5.97 Å². The highest BCUT2D eigenvalue weighted by atomic mass is 16.5. The molecular weight excluding hydrogens is 230 g/mol. The van der Waals surface area contributed by atoms with Gasteiger partial charge in [-0.1, -0.05) is 30.7 Å². The Kier molecular flexibility index (Phi) is 3.55. The summed E-state index contributed by atoms with van der Waals surface area (Å²) in [6.45, 7) is 4.53. The second-order valence-electron chi connectivity index (χ2n) is 5.30. The molecule has 0 aromatic heterocycles. The van der Waals surface area contributed by atoms with E-state index in [1.54, 1.807) is 0 Å². The Balaban J connectivity index is 1.93. The van der Waals surface area contributed by atoms with Crippen LogP contribution in [0.25, 0.3) is 0 Å². The van der Waals surface area contributed by atoms with Gasteiger partial charge in [-0.25, -0.2) is 4.79 Å². The van der Waals surface area contributed by atoms with Crippen molar-refractivity contribution in [3.8, 4) is 0 Å². The molecule has 1 N–H and O–H groups in total. The molecular formula is C14H19NO3. The fourth-order valence-corrected chi connectivity index (χ4v) is 2.34. The molecule has 2 unspecified atom stereocenters. The number of amides is 1. The smallest absolute Gasteiger partial charge is 0.328 e. The van der Waals surface area contributed by atoms with Crippen LogP contribution in [0, 0.1) is 5.41 Å². The van der Waals surface area contributed by atoms with Gasteiger partial charge in [-0.15, -0.1) is 0 Å². The highest BCUT2D eigenvalue weighted by Crippen LogP contribution is 2.37. The molecule has 1 aliphatic heterocycles. The molecule has 18 heavy (non-hydrogen) atoms. The molecule has 2 rings (SSSR count). The molecule has 0 aromatic rings. The van der Waals surface area contributed by atoms with E-state index in [9.17, 15) is 9.59 Å². The van der Waals surface area contributed by atoms with E-state index in [0.29, 0.717) is 19.4 Å². The number of cyclic esters (lactones) is 1. The van der Waals surface area contributed by atoms with E-state index in [-0.39, 0.29) is 17.3 Å². The van der Waals surface area contributed by atoms with E-state index in [1.165, 1.54) is 5.57 Å². The molecule has 1 fully saturated rings. The first-order valence-corrected chi connectivity index (χ1v) is 6.31. The third-order valence-electron chi connectivity index (χ3n) is 3.82. The molecule has 1 heterocycles. The summed E-state index contributed by atoms with van der Waals surface area (Å²) in [5, 5.41) is 2.76. The van der Waals surface area contributed by atoms with Gasteiger partial charge in [0.1, 0.15) is 6.04 Å². The summed E-state index contributed by atoms with van der Waals surface area (Å²) in [5.74, 6) is -0.395. The number of hydrogen-bond donors (Lipinski definition) is 1. The zero-order valence-corrected chi connectivity index (χ0v) is 10.9. The molecule has 2 atom stereocenters. The topological polar surface area (TPSA) is 55.4 Å². The number of ether oxygens (including phenoxy) is 1. The van der Waals surface area contributed by atoms with E-state index < -0.39 is 6.04 Å². The molecule has 0 saturated carbocycles. The molecule has 0 bridgehead atoms. The fourth-order valence-electron chi connectivity index (χ4n) is 2.34. The lowest BCUT2D eigenvalue weighted by atomic mass is 9.74. The molecule has 0 aromatic carbocycles. The molecule has 1 amide bonds. The van der Waals surface area contributed by atoms with Crippen LogP contribution in [0.5, 0.6) is 0 Å². The molecule has 0 radical (unpaired) electrons. The highest BCUT2D eigenvalue weighted by molar-refractivity contribution is 5.85. The van der Waals surface area contributed by atoms with Crippen molar-refractivity contribution in [1.82, 2.24) is 5.32 Å². The van der Waals surface area contributed by atoms with E-state index in [0.717, 1.165) is 6.42 Å². The SMILES string of the molecule is CC1=CC=CCC1(C)CC(=O)NC1CCOC1=O. The first kappa shape index (κ1) is 12.9. The normalized spacial score (nSPS) is 30.9. The lowest BCUT2D eigenvalue weighted by Crippen LogP contribution is -2.40. The van der Waals surface area contributed by atoms with Crippen LogP contribution in [0.1, 0.15) is 33.1 Å². The summed E-state index contributed by atoms with van der Waals surface area (Å²) in [6.07, 6.45) is 7.98. The molecule has 98 valence electrons. The van der Waals surface area contributed by atoms with Crippen LogP contribution in [0.3, 0.4) is 0 Å². The zero-order valence-electron chi connectivity index (χ0n) is 10.9. The van der Waals surface area contributed by atoms with Gasteiger partial charge in [-0.3, -0.25) is 4.79 Å². The van der Waals surface area contributed by atoms with Gasteiger partial charge < -0.3 is 10.1 Å². The first-order chi connectivity index (χ1) is 8.51. The van der Waals surface area contributed by atoms with Crippen LogP contribution >= 0.6 is 0 Å². The standard InChI is InChI=1S/C14H19NO3/c1-10-5-3-4-7-14(10,2)9-12(16)15-11-6-8-18-13(11)17/h3-5,11H,6-9H2,1-2H3,(H,15,16). The monoisotopic (exact) mass is 249 g/mol. The highest BCUT2D eigenvalue weighted by Gasteiger charge is 2.33. The lowest BCUT2D eigenvalue weighted by Gasteiger charge is -2.31. The van der Waals surface area contributed by atoms with Crippen molar-refractivity contribution in [3.63, 3.8) is 0 Å². The maximum absolute atomic E-state index is 12.0. The van der Waals surface area contributed by atoms with E-state index in [4.69, 9.17) is 4.74 Å². The number of carbonyl (C=O) groups excluding carboxylic acids is 2. The van der Waals surface area contributed by atoms with Gasteiger partial charge in [-0.05, 0) is 13.3 Å². The average Bonchev–Trinajstić information content (AvgIpc) is 2.69. The molecule has 1 saturated heterocycles. The summed E-state index contributed by atoms with van der Waals surface area (Å²) < 4.78 is 4.83. The van der Waals surface area contributed by atoms with Crippen LogP contribution in [0.4, 0.5) is 0 Å². The zero-order chi connectivity index (χ0) is 13.2. The summed E-state index contributed by atoms with van der Waals surface area (Å²) in [4.78, 5) is 23.3. The molecule has 1 aliphatic carbocycles. The summed E-state index contributed by atoms with van der Waals surface area (Å²) in [5.41, 5.74) is 1.07. The Bertz CT molecular complexity index is 425. The number of allylic oxidation sites excluding steroid dienone is 4. The second-order valence-corrected chi connectivity index (χ2v) is 5.30. The first-order valence-electron chi connectivity index (χ1n) is 6.31. The quantitative estimate of drug-likeness (QED) is 0.775. The van der Waals surface area contributed by atoms with E-state index >= 15 is 0 Å². The Morgan fingerprint density at radius 2 is 2.39 bits per heavy atom. The number of hydrogen-bond acceptors (Lipinski definition) is 3. The number of rotatable bonds is 3. The lowest BCUT2D eigenvalue weighted by molar-refractivity contribution is -0.141. The van der Waals surface area contributed by atoms with Gasteiger partial charge in [-0.2, -0.15) is 0 Å². The average molecular weight is 249 g/mol. The van der Waals surface area contributed by atoms with Crippen LogP contribution in [0.15, 0.2) is 23.8 Å². The van der Waals surface area contributed by atoms with Crippen LogP contribution in [0.2, 0.25) is 0 Å². The molecule has 2 aliphatic rings. The fraction of sp³-hybridized carbons (Fsp3) is 0.571. The van der Waals surface area contributed by atoms with Gasteiger partial charge in [0.05, 0.1) is 6.61 Å². The van der Waals surface area contributed by atoms with Crippen molar-refractivity contribution in [2.45, 2.75) is 39.2 Å². The summed E-state index contributed by atoms with van der Waals surface area (Å²) in [7, 11) is 0. The Hall–Kier alpha value is -1.58. The van der Waals surface area contributed by atoms with Gasteiger partial charge in [0.15, 0.2) is 0 Å². The minimum absolute atomic E-state index is 0.0793. The predicted octanol–water partition coefficient (Wildman–Crippen LogP) is 1.72. The number of carbonyl (C=O) groups is 2. The number of nitrogens with one attached hydrogen (secondary N) is 1. The van der Waals surface area contributed by atoms with Crippen LogP contribution in [-0.4, -0.2) is 24.5 Å². The van der Waals surface area contributed by atoms with E-state index in [1.807, 2.05) is 19.1 Å². The van der Waals surface area contributed by atoms with Gasteiger partial charge in [0, 0.05) is 18.3 Å². The maximum atomic E-state index is 12.0. The summed E-state index contributed by atoms with van der Waals surface area (Å²) >= 11 is 0. The van der Waals surface area contributed by atoms with Crippen LogP contribution in [-0.2, 0) is 14.3 Å². The summed E-state index contributed by atoms with van der Waals surface area (Å²) in [6, 6.07) is -0.454. The van der Waals surface area contributed by atoms with Gasteiger partial charge in [0.25, 0.3) is 0 Å². The second kappa shape index (κ2) is 4.96. The Morgan fingerprint density at radius 1 is 1.61 bits per heavy atom. The Morgan fingerprint density at radius 3 is 3.00 bits per heavy atom. The van der Waals surface area contributed by atoms with Crippen molar-refractivity contribution in [2.24, 2.45) is 5.41 Å². The molecule has 4 nitrogen and oxygen atoms in total. The third kappa shape index (κ3) is 2.63. The van der Waals surface area contributed by atoms with Crippen molar-refractivity contribution in [3.05, 3.63) is 23.8 Å². The predicted molar refractivity (Wildman–Crippen MR) is 67.7 cm³/mol. The molecule has 0 spiro atoms.